The third kappa shape index (κ3) is 5.06. The van der Waals surface area contributed by atoms with Gasteiger partial charge in [0.15, 0.2) is 5.96 Å². The largest absolute Gasteiger partial charge is 0.381 e. The van der Waals surface area contributed by atoms with Gasteiger partial charge in [-0.15, -0.1) is 24.0 Å². The highest BCUT2D eigenvalue weighted by molar-refractivity contribution is 14.0. The summed E-state index contributed by atoms with van der Waals surface area (Å²) in [6.07, 6.45) is 6.78. The van der Waals surface area contributed by atoms with Crippen molar-refractivity contribution < 1.29 is 9.47 Å². The zero-order valence-corrected chi connectivity index (χ0v) is 16.5. The lowest BCUT2D eigenvalue weighted by atomic mass is 9.87. The first-order valence-corrected chi connectivity index (χ1v) is 8.68. The fraction of sp³-hybridized carbons (Fsp3) is 0.824. The molecule has 23 heavy (non-hydrogen) atoms. The van der Waals surface area contributed by atoms with Crippen LogP contribution < -0.4 is 5.32 Å². The topological polar surface area (TPSA) is 46.1 Å². The summed E-state index contributed by atoms with van der Waals surface area (Å²) >= 11 is 0. The van der Waals surface area contributed by atoms with Crippen molar-refractivity contribution in [3.05, 3.63) is 11.6 Å². The number of nitrogens with one attached hydrogen (secondary N) is 1. The van der Waals surface area contributed by atoms with Crippen LogP contribution in [0.15, 0.2) is 16.6 Å². The number of hydrogen-bond acceptors (Lipinski definition) is 3. The lowest BCUT2D eigenvalue weighted by Crippen LogP contribution is -2.41. The summed E-state index contributed by atoms with van der Waals surface area (Å²) in [4.78, 5) is 7.28. The van der Waals surface area contributed by atoms with Gasteiger partial charge in [-0.25, -0.2) is 0 Å². The summed E-state index contributed by atoms with van der Waals surface area (Å²) in [5.74, 6) is 1.08. The third-order valence-electron chi connectivity index (χ3n) is 5.01. The van der Waals surface area contributed by atoms with E-state index < -0.39 is 0 Å². The van der Waals surface area contributed by atoms with Crippen molar-refractivity contribution in [2.45, 2.75) is 32.6 Å². The Labute approximate surface area is 156 Å². The zero-order valence-electron chi connectivity index (χ0n) is 14.2. The monoisotopic (exact) mass is 435 g/mol. The van der Waals surface area contributed by atoms with Gasteiger partial charge in [-0.3, -0.25) is 4.99 Å². The van der Waals surface area contributed by atoms with Gasteiger partial charge in [-0.1, -0.05) is 11.6 Å². The van der Waals surface area contributed by atoms with Crippen LogP contribution in [0.2, 0.25) is 0 Å². The van der Waals surface area contributed by atoms with Gasteiger partial charge in [0.1, 0.15) is 0 Å². The first-order chi connectivity index (χ1) is 10.8. The number of hydrogen-bond donors (Lipinski definition) is 1. The van der Waals surface area contributed by atoms with Gasteiger partial charge >= 0.3 is 0 Å². The molecule has 132 valence electrons. The number of aliphatic imine (C=N–C) groups is 1. The van der Waals surface area contributed by atoms with E-state index in [-0.39, 0.29) is 24.0 Å². The molecule has 3 aliphatic heterocycles. The van der Waals surface area contributed by atoms with Gasteiger partial charge in [-0.05, 0) is 32.6 Å². The smallest absolute Gasteiger partial charge is 0.193 e. The minimum absolute atomic E-state index is 0. The van der Waals surface area contributed by atoms with E-state index in [9.17, 15) is 0 Å². The molecule has 3 heterocycles. The lowest BCUT2D eigenvalue weighted by Gasteiger charge is -2.25. The molecule has 1 N–H and O–H groups in total. The standard InChI is InChI=1S/C17H29N3O2.HI/c1-2-18-16(19-8-3-15-4-10-21-11-5-15)20-9-6-17(13-20)7-12-22-14-17;/h4H,2-3,5-14H2,1H3,(H,18,19);1H. The second-order valence-corrected chi connectivity index (χ2v) is 6.65. The number of nitrogens with zero attached hydrogens (tertiary/aromatic N) is 2. The number of guanidine groups is 1. The SMILES string of the molecule is CCNC(=NCCC1=CCOCC1)N1CCC2(CCOC2)C1.I. The van der Waals surface area contributed by atoms with Crippen LogP contribution in [0.5, 0.6) is 0 Å². The Balaban J connectivity index is 0.00000192. The summed E-state index contributed by atoms with van der Waals surface area (Å²) in [6, 6.07) is 0. The molecular weight excluding hydrogens is 405 g/mol. The molecule has 6 heteroatoms. The van der Waals surface area contributed by atoms with Gasteiger partial charge in [0.2, 0.25) is 0 Å². The van der Waals surface area contributed by atoms with Crippen LogP contribution in [0.4, 0.5) is 0 Å². The maximum Gasteiger partial charge on any atom is 0.193 e. The van der Waals surface area contributed by atoms with Crippen molar-refractivity contribution in [2.75, 3.05) is 52.6 Å². The minimum Gasteiger partial charge on any atom is -0.381 e. The molecular formula is C17H30IN3O2. The Bertz CT molecular complexity index is 434. The molecule has 3 aliphatic rings. The minimum atomic E-state index is 0. The highest BCUT2D eigenvalue weighted by atomic mass is 127. The van der Waals surface area contributed by atoms with E-state index in [0.717, 1.165) is 71.4 Å². The molecule has 0 aromatic rings. The number of ether oxygens (including phenoxy) is 2. The second-order valence-electron chi connectivity index (χ2n) is 6.65. The van der Waals surface area contributed by atoms with Crippen LogP contribution in [0, 0.1) is 5.41 Å². The van der Waals surface area contributed by atoms with Gasteiger partial charge < -0.3 is 19.7 Å². The number of halogens is 1. The van der Waals surface area contributed by atoms with Crippen molar-refractivity contribution in [3.63, 3.8) is 0 Å². The Morgan fingerprint density at radius 1 is 1.35 bits per heavy atom. The maximum absolute atomic E-state index is 5.62. The molecule has 2 fully saturated rings. The van der Waals surface area contributed by atoms with Crippen LogP contribution in [-0.2, 0) is 9.47 Å². The van der Waals surface area contributed by atoms with Crippen molar-refractivity contribution >= 4 is 29.9 Å². The summed E-state index contributed by atoms with van der Waals surface area (Å²) in [7, 11) is 0. The predicted octanol–water partition coefficient (Wildman–Crippen LogP) is 2.42. The van der Waals surface area contributed by atoms with Crippen LogP contribution in [0.1, 0.15) is 32.6 Å². The highest BCUT2D eigenvalue weighted by Crippen LogP contribution is 2.38. The Hall–Kier alpha value is -0.340. The van der Waals surface area contributed by atoms with Gasteiger partial charge in [0.25, 0.3) is 0 Å². The summed E-state index contributed by atoms with van der Waals surface area (Å²) < 4.78 is 11.0. The molecule has 0 aromatic carbocycles. The molecule has 5 nitrogen and oxygen atoms in total. The van der Waals surface area contributed by atoms with E-state index in [1.807, 2.05) is 0 Å². The molecule has 3 rings (SSSR count). The van der Waals surface area contributed by atoms with Crippen molar-refractivity contribution in [1.29, 1.82) is 0 Å². The molecule has 1 spiro atoms. The second kappa shape index (κ2) is 9.22. The number of likely N-dealkylation sites (tertiary alicyclic amines) is 1. The predicted molar refractivity (Wildman–Crippen MR) is 104 cm³/mol. The van der Waals surface area contributed by atoms with Crippen LogP contribution >= 0.6 is 24.0 Å². The van der Waals surface area contributed by atoms with Gasteiger partial charge in [0, 0.05) is 38.2 Å². The van der Waals surface area contributed by atoms with E-state index in [0.29, 0.717) is 5.41 Å². The van der Waals surface area contributed by atoms with E-state index >= 15 is 0 Å². The van der Waals surface area contributed by atoms with Gasteiger partial charge in [0.05, 0.1) is 19.8 Å². The first kappa shape index (κ1) is 19.0. The zero-order chi connectivity index (χ0) is 15.3. The van der Waals surface area contributed by atoms with Crippen LogP contribution in [0.3, 0.4) is 0 Å². The highest BCUT2D eigenvalue weighted by Gasteiger charge is 2.42. The quantitative estimate of drug-likeness (QED) is 0.319. The maximum atomic E-state index is 5.62. The molecule has 0 amide bonds. The molecule has 0 aliphatic carbocycles. The average molecular weight is 435 g/mol. The van der Waals surface area contributed by atoms with Crippen molar-refractivity contribution in [1.82, 2.24) is 10.2 Å². The van der Waals surface area contributed by atoms with E-state index in [1.54, 1.807) is 0 Å². The van der Waals surface area contributed by atoms with E-state index in [1.165, 1.54) is 18.4 Å². The molecule has 1 unspecified atom stereocenters. The van der Waals surface area contributed by atoms with Crippen LogP contribution in [0.25, 0.3) is 0 Å². The number of rotatable bonds is 4. The van der Waals surface area contributed by atoms with Crippen molar-refractivity contribution in [2.24, 2.45) is 10.4 Å². The average Bonchev–Trinajstić information content (AvgIpc) is 3.18. The third-order valence-corrected chi connectivity index (χ3v) is 5.01. The molecule has 0 bridgehead atoms. The van der Waals surface area contributed by atoms with Gasteiger partial charge in [-0.2, -0.15) is 0 Å². The molecule has 1 atom stereocenters. The fourth-order valence-corrected chi connectivity index (χ4v) is 3.61. The summed E-state index contributed by atoms with van der Waals surface area (Å²) in [6.45, 7) is 9.62. The Kier molecular flexibility index (Phi) is 7.62. The molecule has 0 radical (unpaired) electrons. The molecule has 0 saturated carbocycles. The lowest BCUT2D eigenvalue weighted by molar-refractivity contribution is 0.153. The summed E-state index contributed by atoms with van der Waals surface area (Å²) in [5.41, 5.74) is 1.88. The fourth-order valence-electron chi connectivity index (χ4n) is 3.61. The molecule has 2 saturated heterocycles. The van der Waals surface area contributed by atoms with E-state index in [2.05, 4.69) is 23.2 Å². The molecule has 0 aromatic heterocycles. The Morgan fingerprint density at radius 2 is 2.26 bits per heavy atom. The Morgan fingerprint density at radius 3 is 2.96 bits per heavy atom. The first-order valence-electron chi connectivity index (χ1n) is 8.68. The van der Waals surface area contributed by atoms with Crippen molar-refractivity contribution in [3.8, 4) is 0 Å². The van der Waals surface area contributed by atoms with Crippen LogP contribution in [-0.4, -0.2) is 63.5 Å². The van der Waals surface area contributed by atoms with E-state index in [4.69, 9.17) is 14.5 Å². The normalized spacial score (nSPS) is 28.0. The summed E-state index contributed by atoms with van der Waals surface area (Å²) in [5, 5.41) is 3.46.